The molecule has 1 saturated heterocycles. The summed E-state index contributed by atoms with van der Waals surface area (Å²) in [5.74, 6) is 0. The summed E-state index contributed by atoms with van der Waals surface area (Å²) in [6.45, 7) is 10.2. The van der Waals surface area contributed by atoms with Gasteiger partial charge in [-0.15, -0.1) is 6.58 Å². The third-order valence-electron chi connectivity index (χ3n) is 6.93. The number of ether oxygens (including phenoxy) is 3. The number of hydrogen-bond acceptors (Lipinski definition) is 6. The molecule has 0 radical (unpaired) electrons. The first-order valence-corrected chi connectivity index (χ1v) is 12.7. The van der Waals surface area contributed by atoms with Crippen molar-refractivity contribution in [2.45, 2.75) is 102 Å². The van der Waals surface area contributed by atoms with Gasteiger partial charge in [0.25, 0.3) is 0 Å². The molecule has 2 aliphatic rings. The van der Waals surface area contributed by atoms with E-state index in [9.17, 15) is 14.9 Å². The van der Waals surface area contributed by atoms with Crippen molar-refractivity contribution in [1.82, 2.24) is 4.90 Å². The third kappa shape index (κ3) is 7.27. The Balaban J connectivity index is 1.62. The molecule has 8 heteroatoms. The molecule has 35 heavy (non-hydrogen) atoms. The van der Waals surface area contributed by atoms with Crippen LogP contribution < -0.4 is 0 Å². The molecule has 2 fully saturated rings. The first-order valence-electron chi connectivity index (χ1n) is 12.7. The van der Waals surface area contributed by atoms with Crippen molar-refractivity contribution in [3.05, 3.63) is 58.7 Å². The Labute approximate surface area is 208 Å². The number of amides is 1. The molecule has 2 atom stereocenters. The van der Waals surface area contributed by atoms with Crippen LogP contribution in [-0.4, -0.2) is 58.5 Å². The van der Waals surface area contributed by atoms with E-state index in [1.54, 1.807) is 26.8 Å². The highest BCUT2D eigenvalue weighted by atomic mass is 16.6. The van der Waals surface area contributed by atoms with Crippen molar-refractivity contribution in [1.29, 1.82) is 0 Å². The Morgan fingerprint density at radius 3 is 2.37 bits per heavy atom. The molecule has 1 heterocycles. The SMILES string of the molecule is C=CC[C@]1([N+](=O)[O-])CCCN(C(=O)OC(C)(C)C)[C@H]1COC1CCC(OCc2ccccc2)CC1. The lowest BCUT2D eigenvalue weighted by Gasteiger charge is -2.44. The summed E-state index contributed by atoms with van der Waals surface area (Å²) in [6.07, 6.45) is 5.71. The second-order valence-corrected chi connectivity index (χ2v) is 10.7. The van der Waals surface area contributed by atoms with E-state index in [1.807, 2.05) is 18.2 Å². The molecule has 1 saturated carbocycles. The predicted molar refractivity (Wildman–Crippen MR) is 134 cm³/mol. The van der Waals surface area contributed by atoms with Gasteiger partial charge in [-0.2, -0.15) is 0 Å². The topological polar surface area (TPSA) is 91.1 Å². The second-order valence-electron chi connectivity index (χ2n) is 10.7. The molecule has 1 aliphatic carbocycles. The summed E-state index contributed by atoms with van der Waals surface area (Å²) in [5.41, 5.74) is -0.857. The summed E-state index contributed by atoms with van der Waals surface area (Å²) in [5, 5.41) is 12.3. The lowest BCUT2D eigenvalue weighted by atomic mass is 9.79. The summed E-state index contributed by atoms with van der Waals surface area (Å²) >= 11 is 0. The van der Waals surface area contributed by atoms with Gasteiger partial charge in [0, 0.05) is 24.3 Å². The molecule has 3 rings (SSSR count). The van der Waals surface area contributed by atoms with E-state index in [0.29, 0.717) is 26.0 Å². The van der Waals surface area contributed by atoms with E-state index in [2.05, 4.69) is 18.7 Å². The Kier molecular flexibility index (Phi) is 9.30. The van der Waals surface area contributed by atoms with Crippen LogP contribution in [0.5, 0.6) is 0 Å². The highest BCUT2D eigenvalue weighted by Gasteiger charge is 2.56. The highest BCUT2D eigenvalue weighted by molar-refractivity contribution is 5.69. The predicted octanol–water partition coefficient (Wildman–Crippen LogP) is 5.52. The summed E-state index contributed by atoms with van der Waals surface area (Å²) in [4.78, 5) is 26.6. The fourth-order valence-electron chi connectivity index (χ4n) is 5.11. The molecule has 194 valence electrons. The number of benzene rings is 1. The molecule has 0 aromatic heterocycles. The van der Waals surface area contributed by atoms with E-state index < -0.39 is 23.3 Å². The molecule has 0 spiro atoms. The first-order chi connectivity index (χ1) is 16.6. The molecule has 1 amide bonds. The van der Waals surface area contributed by atoms with E-state index >= 15 is 0 Å². The van der Waals surface area contributed by atoms with E-state index in [0.717, 1.165) is 31.2 Å². The van der Waals surface area contributed by atoms with E-state index in [4.69, 9.17) is 14.2 Å². The van der Waals surface area contributed by atoms with Crippen molar-refractivity contribution in [3.63, 3.8) is 0 Å². The highest BCUT2D eigenvalue weighted by Crippen LogP contribution is 2.36. The molecular formula is C27H40N2O6. The minimum Gasteiger partial charge on any atom is -0.444 e. The third-order valence-corrected chi connectivity index (χ3v) is 6.93. The van der Waals surface area contributed by atoms with Gasteiger partial charge < -0.3 is 14.2 Å². The normalized spacial score (nSPS) is 27.3. The van der Waals surface area contributed by atoms with E-state index in [1.165, 1.54) is 4.90 Å². The Morgan fingerprint density at radius 1 is 1.17 bits per heavy atom. The Bertz CT molecular complexity index is 847. The number of rotatable bonds is 9. The fraction of sp³-hybridized carbons (Fsp3) is 0.667. The zero-order valence-electron chi connectivity index (χ0n) is 21.3. The van der Waals surface area contributed by atoms with Crippen LogP contribution in [0.3, 0.4) is 0 Å². The van der Waals surface area contributed by atoms with Crippen LogP contribution in [-0.2, 0) is 20.8 Å². The van der Waals surface area contributed by atoms with Gasteiger partial charge in [-0.25, -0.2) is 4.79 Å². The van der Waals surface area contributed by atoms with Gasteiger partial charge >= 0.3 is 6.09 Å². The molecule has 8 nitrogen and oxygen atoms in total. The smallest absolute Gasteiger partial charge is 0.410 e. The van der Waals surface area contributed by atoms with Crippen LogP contribution in [0.25, 0.3) is 0 Å². The standard InChI is InChI=1S/C27H40N2O6/c1-5-16-27(29(31)32)17-9-18-28(25(30)35-26(2,3)4)24(27)20-34-23-14-12-22(13-15-23)33-19-21-10-7-6-8-11-21/h5-8,10-11,22-24H,1,9,12-20H2,2-4H3/t22?,23?,24-,27-/m0/s1. The number of carbonyl (C=O) groups excluding carboxylic acids is 1. The number of hydrogen-bond donors (Lipinski definition) is 0. The van der Waals surface area contributed by atoms with Gasteiger partial charge in [-0.05, 0) is 58.4 Å². The number of nitrogens with zero attached hydrogens (tertiary/aromatic N) is 2. The number of likely N-dealkylation sites (tertiary alicyclic amines) is 1. The van der Waals surface area contributed by atoms with Crippen molar-refractivity contribution in [2.75, 3.05) is 13.2 Å². The van der Waals surface area contributed by atoms with Gasteiger partial charge in [-0.1, -0.05) is 36.4 Å². The maximum absolute atomic E-state index is 13.0. The monoisotopic (exact) mass is 488 g/mol. The lowest BCUT2D eigenvalue weighted by Crippen LogP contribution is -2.64. The van der Waals surface area contributed by atoms with E-state index in [-0.39, 0.29) is 30.2 Å². The lowest BCUT2D eigenvalue weighted by molar-refractivity contribution is -0.582. The van der Waals surface area contributed by atoms with Crippen LogP contribution in [0.4, 0.5) is 4.79 Å². The van der Waals surface area contributed by atoms with Gasteiger partial charge in [0.05, 0.1) is 25.4 Å². The molecule has 1 aromatic carbocycles. The number of nitro groups is 1. The minimum absolute atomic E-state index is 0.0119. The summed E-state index contributed by atoms with van der Waals surface area (Å²) in [6, 6.07) is 9.40. The van der Waals surface area contributed by atoms with Crippen LogP contribution in [0.15, 0.2) is 43.0 Å². The van der Waals surface area contributed by atoms with Crippen LogP contribution in [0, 0.1) is 10.1 Å². The Hall–Kier alpha value is -2.45. The van der Waals surface area contributed by atoms with Crippen LogP contribution in [0.1, 0.15) is 71.3 Å². The van der Waals surface area contributed by atoms with Gasteiger partial charge in [-0.3, -0.25) is 15.0 Å². The number of piperidine rings is 1. The minimum atomic E-state index is -1.33. The molecule has 1 aliphatic heterocycles. The van der Waals surface area contributed by atoms with Crippen molar-refractivity contribution >= 4 is 6.09 Å². The first kappa shape index (κ1) is 27.1. The van der Waals surface area contributed by atoms with Crippen molar-refractivity contribution < 1.29 is 23.9 Å². The largest absolute Gasteiger partial charge is 0.444 e. The zero-order chi connectivity index (χ0) is 25.5. The van der Waals surface area contributed by atoms with Crippen molar-refractivity contribution in [3.8, 4) is 0 Å². The average Bonchev–Trinajstić information content (AvgIpc) is 2.82. The Morgan fingerprint density at radius 2 is 1.80 bits per heavy atom. The molecular weight excluding hydrogens is 448 g/mol. The van der Waals surface area contributed by atoms with Crippen LogP contribution >= 0.6 is 0 Å². The van der Waals surface area contributed by atoms with Crippen LogP contribution in [0.2, 0.25) is 0 Å². The molecule has 0 bridgehead atoms. The van der Waals surface area contributed by atoms with Gasteiger partial charge in [0.15, 0.2) is 0 Å². The quantitative estimate of drug-likeness (QED) is 0.258. The fourth-order valence-corrected chi connectivity index (χ4v) is 5.11. The van der Waals surface area contributed by atoms with Crippen molar-refractivity contribution in [2.24, 2.45) is 0 Å². The zero-order valence-corrected chi connectivity index (χ0v) is 21.3. The maximum atomic E-state index is 13.0. The summed E-state index contributed by atoms with van der Waals surface area (Å²) < 4.78 is 17.9. The molecule has 0 unspecified atom stereocenters. The van der Waals surface area contributed by atoms with Gasteiger partial charge in [0.1, 0.15) is 11.6 Å². The summed E-state index contributed by atoms with van der Waals surface area (Å²) in [7, 11) is 0. The number of carbonyl (C=O) groups is 1. The maximum Gasteiger partial charge on any atom is 0.410 e. The average molecular weight is 489 g/mol. The van der Waals surface area contributed by atoms with Gasteiger partial charge in [0.2, 0.25) is 5.54 Å². The molecule has 0 N–H and O–H groups in total. The molecule has 1 aromatic rings. The second kappa shape index (κ2) is 12.0.